The van der Waals surface area contributed by atoms with Gasteiger partial charge < -0.3 is 5.73 Å². The van der Waals surface area contributed by atoms with Crippen molar-refractivity contribution in [3.8, 4) is 0 Å². The molecular weight excluding hydrogens is 264 g/mol. The number of primary sulfonamides is 1. The molecular formula is C9H14N2O4S2. The van der Waals surface area contributed by atoms with Crippen LogP contribution in [0, 0.1) is 0 Å². The van der Waals surface area contributed by atoms with E-state index in [1.165, 1.54) is 6.07 Å². The maximum atomic E-state index is 11.9. The number of sulfone groups is 1. The van der Waals surface area contributed by atoms with Gasteiger partial charge in [0.15, 0.2) is 14.9 Å². The van der Waals surface area contributed by atoms with Crippen molar-refractivity contribution in [2.45, 2.75) is 18.2 Å². The third-order valence-corrected chi connectivity index (χ3v) is 5.73. The minimum Gasteiger partial charge on any atom is -0.399 e. The Hall–Kier alpha value is -1.12. The number of benzene rings is 1. The highest BCUT2D eigenvalue weighted by Crippen LogP contribution is 2.21. The monoisotopic (exact) mass is 278 g/mol. The number of rotatable bonds is 4. The second-order valence-electron chi connectivity index (χ2n) is 3.62. The second-order valence-corrected chi connectivity index (χ2v) is 7.55. The maximum Gasteiger partial charge on any atom is 0.223 e. The van der Waals surface area contributed by atoms with Gasteiger partial charge in [-0.15, -0.1) is 0 Å². The third kappa shape index (κ3) is 3.69. The summed E-state index contributed by atoms with van der Waals surface area (Å²) in [6, 6.07) is 4.37. The van der Waals surface area contributed by atoms with E-state index < -0.39 is 24.9 Å². The molecule has 0 saturated heterocycles. The molecule has 0 aliphatic heterocycles. The molecule has 1 aromatic rings. The van der Waals surface area contributed by atoms with Crippen molar-refractivity contribution in [1.82, 2.24) is 0 Å². The summed E-state index contributed by atoms with van der Waals surface area (Å²) in [5, 5.41) is 3.64. The summed E-state index contributed by atoms with van der Waals surface area (Å²) in [5.74, 6) is 0. The minimum atomic E-state index is -4.10. The minimum absolute atomic E-state index is 0.0750. The second kappa shape index (κ2) is 4.63. The standard InChI is InChI=1S/C9H14N2O4S2/c1-2-7-3-4-8(10)5-9(7)16(12,13)6-17(11,14)15/h3-5H,2,6,10H2,1H3,(H2,11,14,15). The van der Waals surface area contributed by atoms with E-state index in [1.807, 2.05) is 0 Å². The van der Waals surface area contributed by atoms with Gasteiger partial charge in [-0.25, -0.2) is 22.0 Å². The van der Waals surface area contributed by atoms with Gasteiger partial charge in [0.05, 0.1) is 4.90 Å². The summed E-state index contributed by atoms with van der Waals surface area (Å²) in [5.41, 5.74) is 6.27. The van der Waals surface area contributed by atoms with E-state index in [4.69, 9.17) is 10.9 Å². The Balaban J connectivity index is 3.37. The first kappa shape index (κ1) is 13.9. The molecule has 0 amide bonds. The van der Waals surface area contributed by atoms with Crippen LogP contribution in [-0.4, -0.2) is 21.9 Å². The fraction of sp³-hybridized carbons (Fsp3) is 0.333. The lowest BCUT2D eigenvalue weighted by molar-refractivity contribution is 0.589. The lowest BCUT2D eigenvalue weighted by Crippen LogP contribution is -2.24. The van der Waals surface area contributed by atoms with Crippen LogP contribution in [0.2, 0.25) is 0 Å². The highest BCUT2D eigenvalue weighted by molar-refractivity contribution is 8.07. The zero-order chi connectivity index (χ0) is 13.3. The molecule has 0 aliphatic rings. The molecule has 0 fully saturated rings. The predicted octanol–water partition coefficient (Wildman–Crippen LogP) is -0.149. The van der Waals surface area contributed by atoms with Gasteiger partial charge in [-0.2, -0.15) is 0 Å². The molecule has 6 nitrogen and oxygen atoms in total. The van der Waals surface area contributed by atoms with Gasteiger partial charge in [0.1, 0.15) is 0 Å². The van der Waals surface area contributed by atoms with E-state index in [2.05, 4.69) is 0 Å². The molecule has 0 unspecified atom stereocenters. The number of hydrogen-bond acceptors (Lipinski definition) is 5. The molecule has 0 spiro atoms. The fourth-order valence-electron chi connectivity index (χ4n) is 1.43. The molecule has 0 saturated carbocycles. The molecule has 0 radical (unpaired) electrons. The molecule has 17 heavy (non-hydrogen) atoms. The van der Waals surface area contributed by atoms with Crippen molar-refractivity contribution in [2.24, 2.45) is 5.14 Å². The van der Waals surface area contributed by atoms with Crippen molar-refractivity contribution < 1.29 is 16.8 Å². The number of anilines is 1. The number of nitrogens with two attached hydrogens (primary N) is 2. The number of hydrogen-bond donors (Lipinski definition) is 2. The van der Waals surface area contributed by atoms with Crippen LogP contribution in [0.15, 0.2) is 23.1 Å². The highest BCUT2D eigenvalue weighted by atomic mass is 32.3. The summed E-state index contributed by atoms with van der Waals surface area (Å²) in [4.78, 5) is -0.0750. The van der Waals surface area contributed by atoms with Crippen LogP contribution >= 0.6 is 0 Å². The van der Waals surface area contributed by atoms with Crippen LogP contribution in [-0.2, 0) is 26.3 Å². The molecule has 0 atom stereocenters. The molecule has 0 aromatic heterocycles. The lowest BCUT2D eigenvalue weighted by Gasteiger charge is -2.09. The van der Waals surface area contributed by atoms with Gasteiger partial charge >= 0.3 is 0 Å². The van der Waals surface area contributed by atoms with E-state index in [0.29, 0.717) is 12.0 Å². The largest absolute Gasteiger partial charge is 0.399 e. The molecule has 8 heteroatoms. The van der Waals surface area contributed by atoms with Gasteiger partial charge in [0.25, 0.3) is 0 Å². The Labute approximate surface area is 101 Å². The third-order valence-electron chi connectivity index (χ3n) is 2.13. The van der Waals surface area contributed by atoms with Gasteiger partial charge in [0.2, 0.25) is 10.0 Å². The number of sulfonamides is 1. The first-order valence-corrected chi connectivity index (χ1v) is 8.14. The first-order chi connectivity index (χ1) is 7.65. The van der Waals surface area contributed by atoms with Crippen LogP contribution in [0.1, 0.15) is 12.5 Å². The molecule has 0 heterocycles. The lowest BCUT2D eigenvalue weighted by atomic mass is 10.1. The Morgan fingerprint density at radius 1 is 1.18 bits per heavy atom. The maximum absolute atomic E-state index is 11.9. The fourth-order valence-corrected chi connectivity index (χ4v) is 4.60. The summed E-state index contributed by atoms with van der Waals surface area (Å²) in [6.45, 7) is 1.77. The van der Waals surface area contributed by atoms with E-state index in [-0.39, 0.29) is 10.6 Å². The average Bonchev–Trinajstić information content (AvgIpc) is 2.14. The van der Waals surface area contributed by atoms with E-state index >= 15 is 0 Å². The molecule has 0 bridgehead atoms. The quantitative estimate of drug-likeness (QED) is 0.742. The van der Waals surface area contributed by atoms with Gasteiger partial charge in [0, 0.05) is 5.69 Å². The molecule has 0 aliphatic carbocycles. The van der Waals surface area contributed by atoms with Crippen LogP contribution in [0.3, 0.4) is 0 Å². The van der Waals surface area contributed by atoms with Gasteiger partial charge in [-0.1, -0.05) is 13.0 Å². The van der Waals surface area contributed by atoms with E-state index in [0.717, 1.165) is 0 Å². The Kier molecular flexibility index (Phi) is 3.80. The van der Waals surface area contributed by atoms with Crippen molar-refractivity contribution in [2.75, 3.05) is 10.8 Å². The van der Waals surface area contributed by atoms with Crippen LogP contribution in [0.25, 0.3) is 0 Å². The highest BCUT2D eigenvalue weighted by Gasteiger charge is 2.23. The molecule has 4 N–H and O–H groups in total. The smallest absolute Gasteiger partial charge is 0.223 e. The van der Waals surface area contributed by atoms with Gasteiger partial charge in [-0.05, 0) is 24.1 Å². The zero-order valence-electron chi connectivity index (χ0n) is 9.25. The summed E-state index contributed by atoms with van der Waals surface area (Å²) < 4.78 is 45.5. The van der Waals surface area contributed by atoms with Crippen LogP contribution in [0.5, 0.6) is 0 Å². The average molecular weight is 278 g/mol. The predicted molar refractivity (Wildman–Crippen MR) is 65.4 cm³/mol. The Bertz CT molecular complexity index is 620. The number of aryl methyl sites for hydroxylation is 1. The SMILES string of the molecule is CCc1ccc(N)cc1S(=O)(=O)CS(N)(=O)=O. The van der Waals surface area contributed by atoms with Crippen molar-refractivity contribution in [1.29, 1.82) is 0 Å². The molecule has 1 rings (SSSR count). The first-order valence-electron chi connectivity index (χ1n) is 4.77. The molecule has 1 aromatic carbocycles. The summed E-state index contributed by atoms with van der Waals surface area (Å²) >= 11 is 0. The zero-order valence-corrected chi connectivity index (χ0v) is 10.9. The normalized spacial score (nSPS) is 12.6. The Morgan fingerprint density at radius 3 is 2.24 bits per heavy atom. The van der Waals surface area contributed by atoms with Crippen molar-refractivity contribution in [3.63, 3.8) is 0 Å². The van der Waals surface area contributed by atoms with E-state index in [1.54, 1.807) is 19.1 Å². The van der Waals surface area contributed by atoms with Crippen molar-refractivity contribution in [3.05, 3.63) is 23.8 Å². The number of nitrogen functional groups attached to an aromatic ring is 1. The summed E-state index contributed by atoms with van der Waals surface area (Å²) in [7, 11) is -8.07. The van der Waals surface area contributed by atoms with Crippen LogP contribution in [0.4, 0.5) is 5.69 Å². The molecule has 96 valence electrons. The van der Waals surface area contributed by atoms with Crippen LogP contribution < -0.4 is 10.9 Å². The summed E-state index contributed by atoms with van der Waals surface area (Å²) in [6.07, 6.45) is 0.458. The topological polar surface area (TPSA) is 120 Å². The van der Waals surface area contributed by atoms with Gasteiger partial charge in [-0.3, -0.25) is 0 Å². The Morgan fingerprint density at radius 2 is 1.76 bits per heavy atom. The van der Waals surface area contributed by atoms with E-state index in [9.17, 15) is 16.8 Å². The van der Waals surface area contributed by atoms with Crippen molar-refractivity contribution >= 4 is 25.5 Å².